The van der Waals surface area contributed by atoms with Crippen LogP contribution >= 0.6 is 0 Å². The van der Waals surface area contributed by atoms with E-state index in [0.717, 1.165) is 4.90 Å². The Labute approximate surface area is 109 Å². The van der Waals surface area contributed by atoms with E-state index < -0.39 is 0 Å². The summed E-state index contributed by atoms with van der Waals surface area (Å²) in [7, 11) is 1.64. The van der Waals surface area contributed by atoms with Gasteiger partial charge in [0, 0.05) is 32.9 Å². The second-order valence-corrected chi connectivity index (χ2v) is 4.37. The van der Waals surface area contributed by atoms with Crippen molar-refractivity contribution in [1.29, 1.82) is 0 Å². The van der Waals surface area contributed by atoms with E-state index in [-0.39, 0.29) is 43.5 Å². The first kappa shape index (κ1) is 13.2. The molecule has 2 rings (SSSR count). The number of carbonyl (C=O) groups is 3. The molecule has 1 aliphatic rings. The standard InChI is InChI=1S/C11H15N5O3/c1-15(6-8-12-7-13-14-8)9(17)4-5-16-10(18)2-3-11(16)19/h7H,2-6H2,1H3,(H,12,13,14). The largest absolute Gasteiger partial charge is 0.338 e. The van der Waals surface area contributed by atoms with Crippen LogP contribution in [0.25, 0.3) is 0 Å². The Morgan fingerprint density at radius 3 is 2.68 bits per heavy atom. The fourth-order valence-corrected chi connectivity index (χ4v) is 1.89. The molecule has 1 fully saturated rings. The number of nitrogens with one attached hydrogen (secondary N) is 1. The molecule has 2 heterocycles. The van der Waals surface area contributed by atoms with Crippen molar-refractivity contribution in [3.63, 3.8) is 0 Å². The number of nitrogens with zero attached hydrogens (tertiary/aromatic N) is 4. The van der Waals surface area contributed by atoms with E-state index in [2.05, 4.69) is 15.2 Å². The topological polar surface area (TPSA) is 99.3 Å². The molecule has 0 atom stereocenters. The van der Waals surface area contributed by atoms with Crippen molar-refractivity contribution in [1.82, 2.24) is 25.0 Å². The van der Waals surface area contributed by atoms with Crippen LogP contribution in [0.2, 0.25) is 0 Å². The number of amides is 3. The zero-order valence-electron chi connectivity index (χ0n) is 10.6. The summed E-state index contributed by atoms with van der Waals surface area (Å²) in [5, 5.41) is 6.35. The third-order valence-corrected chi connectivity index (χ3v) is 2.98. The molecular weight excluding hydrogens is 250 g/mol. The maximum atomic E-state index is 11.9. The minimum absolute atomic E-state index is 0.127. The Morgan fingerprint density at radius 1 is 1.42 bits per heavy atom. The van der Waals surface area contributed by atoms with Crippen molar-refractivity contribution in [3.8, 4) is 0 Å². The molecule has 8 heteroatoms. The average Bonchev–Trinajstić information content (AvgIpc) is 2.98. The quantitative estimate of drug-likeness (QED) is 0.710. The molecule has 0 radical (unpaired) electrons. The molecule has 102 valence electrons. The summed E-state index contributed by atoms with van der Waals surface area (Å²) < 4.78 is 0. The van der Waals surface area contributed by atoms with Crippen molar-refractivity contribution in [2.24, 2.45) is 0 Å². The Hall–Kier alpha value is -2.25. The normalized spacial score (nSPS) is 15.1. The predicted octanol–water partition coefficient (Wildman–Crippen LogP) is -0.698. The first-order valence-electron chi connectivity index (χ1n) is 5.99. The molecule has 1 aromatic rings. The van der Waals surface area contributed by atoms with Crippen molar-refractivity contribution < 1.29 is 14.4 Å². The van der Waals surface area contributed by atoms with Crippen molar-refractivity contribution >= 4 is 17.7 Å². The fourth-order valence-electron chi connectivity index (χ4n) is 1.89. The molecule has 0 saturated carbocycles. The lowest BCUT2D eigenvalue weighted by Crippen LogP contribution is -2.34. The maximum absolute atomic E-state index is 11.9. The molecule has 3 amide bonds. The highest BCUT2D eigenvalue weighted by molar-refractivity contribution is 6.02. The van der Waals surface area contributed by atoms with Gasteiger partial charge in [-0.1, -0.05) is 0 Å². The van der Waals surface area contributed by atoms with Crippen LogP contribution in [0.4, 0.5) is 0 Å². The number of aromatic nitrogens is 3. The van der Waals surface area contributed by atoms with Gasteiger partial charge in [-0.2, -0.15) is 5.10 Å². The summed E-state index contributed by atoms with van der Waals surface area (Å²) in [6.07, 6.45) is 2.00. The number of carbonyl (C=O) groups excluding carboxylic acids is 3. The number of hydrogen-bond acceptors (Lipinski definition) is 5. The number of rotatable bonds is 5. The van der Waals surface area contributed by atoms with Crippen LogP contribution in [0.15, 0.2) is 6.33 Å². The molecule has 8 nitrogen and oxygen atoms in total. The second-order valence-electron chi connectivity index (χ2n) is 4.37. The molecule has 1 aromatic heterocycles. The van der Waals surface area contributed by atoms with Gasteiger partial charge in [0.2, 0.25) is 17.7 Å². The zero-order chi connectivity index (χ0) is 13.8. The van der Waals surface area contributed by atoms with Crippen LogP contribution in [0.5, 0.6) is 0 Å². The van der Waals surface area contributed by atoms with E-state index >= 15 is 0 Å². The minimum atomic E-state index is -0.198. The van der Waals surface area contributed by atoms with E-state index in [0.29, 0.717) is 12.4 Å². The van der Waals surface area contributed by atoms with Gasteiger partial charge in [0.25, 0.3) is 0 Å². The van der Waals surface area contributed by atoms with Crippen LogP contribution < -0.4 is 0 Å². The number of aromatic amines is 1. The number of imide groups is 1. The molecule has 1 saturated heterocycles. The number of likely N-dealkylation sites (tertiary alicyclic amines) is 1. The van der Waals surface area contributed by atoms with E-state index in [1.54, 1.807) is 7.05 Å². The molecule has 0 aromatic carbocycles. The molecule has 0 bridgehead atoms. The first-order valence-corrected chi connectivity index (χ1v) is 5.99. The number of hydrogen-bond donors (Lipinski definition) is 1. The van der Waals surface area contributed by atoms with Crippen molar-refractivity contribution in [2.75, 3.05) is 13.6 Å². The minimum Gasteiger partial charge on any atom is -0.338 e. The zero-order valence-corrected chi connectivity index (χ0v) is 10.6. The molecule has 19 heavy (non-hydrogen) atoms. The molecule has 0 spiro atoms. The van der Waals surface area contributed by atoms with Crippen LogP contribution in [0.1, 0.15) is 25.1 Å². The highest BCUT2D eigenvalue weighted by Crippen LogP contribution is 2.12. The molecule has 1 N–H and O–H groups in total. The van der Waals surface area contributed by atoms with Gasteiger partial charge in [-0.25, -0.2) is 4.98 Å². The second kappa shape index (κ2) is 5.59. The molecular formula is C11H15N5O3. The smallest absolute Gasteiger partial charge is 0.229 e. The van der Waals surface area contributed by atoms with Gasteiger partial charge in [-0.15, -0.1) is 0 Å². The Balaban J connectivity index is 1.80. The van der Waals surface area contributed by atoms with Crippen LogP contribution in [0, 0.1) is 0 Å². The first-order chi connectivity index (χ1) is 9.08. The van der Waals surface area contributed by atoms with E-state index in [1.165, 1.54) is 11.2 Å². The Morgan fingerprint density at radius 2 is 2.11 bits per heavy atom. The average molecular weight is 265 g/mol. The summed E-state index contributed by atoms with van der Waals surface area (Å²) in [6, 6.07) is 0. The predicted molar refractivity (Wildman–Crippen MR) is 63.4 cm³/mol. The summed E-state index contributed by atoms with van der Waals surface area (Å²) >= 11 is 0. The fraction of sp³-hybridized carbons (Fsp3) is 0.545. The van der Waals surface area contributed by atoms with Gasteiger partial charge < -0.3 is 4.90 Å². The lowest BCUT2D eigenvalue weighted by molar-refractivity contribution is -0.139. The highest BCUT2D eigenvalue weighted by atomic mass is 16.2. The highest BCUT2D eigenvalue weighted by Gasteiger charge is 2.29. The molecule has 0 aliphatic carbocycles. The Kier molecular flexibility index (Phi) is 3.88. The SMILES string of the molecule is CN(Cc1ncn[nH]1)C(=O)CCN1C(=O)CCC1=O. The van der Waals surface area contributed by atoms with Gasteiger partial charge in [-0.3, -0.25) is 24.4 Å². The third-order valence-electron chi connectivity index (χ3n) is 2.98. The van der Waals surface area contributed by atoms with Gasteiger partial charge in [0.05, 0.1) is 6.54 Å². The Bertz CT molecular complexity index is 469. The van der Waals surface area contributed by atoms with Gasteiger partial charge in [-0.05, 0) is 0 Å². The van der Waals surface area contributed by atoms with Crippen LogP contribution in [-0.2, 0) is 20.9 Å². The van der Waals surface area contributed by atoms with Crippen molar-refractivity contribution in [2.45, 2.75) is 25.8 Å². The monoisotopic (exact) mass is 265 g/mol. The van der Waals surface area contributed by atoms with Crippen LogP contribution in [0.3, 0.4) is 0 Å². The summed E-state index contributed by atoms with van der Waals surface area (Å²) in [4.78, 5) is 41.2. The van der Waals surface area contributed by atoms with Gasteiger partial charge in [0.15, 0.2) is 0 Å². The van der Waals surface area contributed by atoms with Gasteiger partial charge >= 0.3 is 0 Å². The van der Waals surface area contributed by atoms with Crippen molar-refractivity contribution in [3.05, 3.63) is 12.2 Å². The summed E-state index contributed by atoms with van der Waals surface area (Å²) in [5.41, 5.74) is 0. The lowest BCUT2D eigenvalue weighted by atomic mass is 10.3. The third kappa shape index (κ3) is 3.15. The summed E-state index contributed by atoms with van der Waals surface area (Å²) in [6.45, 7) is 0.470. The van der Waals surface area contributed by atoms with E-state index in [1.807, 2.05) is 0 Å². The van der Waals surface area contributed by atoms with E-state index in [4.69, 9.17) is 0 Å². The maximum Gasteiger partial charge on any atom is 0.229 e. The lowest BCUT2D eigenvalue weighted by Gasteiger charge is -2.18. The van der Waals surface area contributed by atoms with Gasteiger partial charge in [0.1, 0.15) is 12.2 Å². The van der Waals surface area contributed by atoms with E-state index in [9.17, 15) is 14.4 Å². The molecule has 0 unspecified atom stereocenters. The number of H-pyrrole nitrogens is 1. The summed E-state index contributed by atoms with van der Waals surface area (Å²) in [5.74, 6) is 0.0412. The van der Waals surface area contributed by atoms with Crippen LogP contribution in [-0.4, -0.2) is 56.3 Å². The molecule has 1 aliphatic heterocycles.